The fourth-order valence-electron chi connectivity index (χ4n) is 3.40. The summed E-state index contributed by atoms with van der Waals surface area (Å²) in [5.74, 6) is -0.536. The number of carbonyl (C=O) groups is 3. The molecule has 0 saturated heterocycles. The molecule has 0 spiro atoms. The van der Waals surface area contributed by atoms with Gasteiger partial charge >= 0.3 is 0 Å². The molecule has 0 aromatic rings. The SMILES string of the molecule is NC(=O)[C@@H](NC(=O)C1CCCCC1)[C@@H]1CCCC(=O)C1. The van der Waals surface area contributed by atoms with Crippen LogP contribution >= 0.6 is 0 Å². The van der Waals surface area contributed by atoms with Crippen molar-refractivity contribution >= 4 is 17.6 Å². The normalized spacial score (nSPS) is 26.0. The molecule has 3 N–H and O–H groups in total. The summed E-state index contributed by atoms with van der Waals surface area (Å²) in [7, 11) is 0. The van der Waals surface area contributed by atoms with Crippen LogP contribution in [-0.2, 0) is 14.4 Å². The van der Waals surface area contributed by atoms with Gasteiger partial charge in [-0.25, -0.2) is 0 Å². The van der Waals surface area contributed by atoms with Crippen LogP contribution in [0.25, 0.3) is 0 Å². The summed E-state index contributed by atoms with van der Waals surface area (Å²) >= 11 is 0. The zero-order valence-electron chi connectivity index (χ0n) is 11.9. The number of carbonyl (C=O) groups excluding carboxylic acids is 3. The van der Waals surface area contributed by atoms with Crippen molar-refractivity contribution < 1.29 is 14.4 Å². The van der Waals surface area contributed by atoms with Crippen LogP contribution in [0, 0.1) is 11.8 Å². The summed E-state index contributed by atoms with van der Waals surface area (Å²) in [4.78, 5) is 35.4. The lowest BCUT2D eigenvalue weighted by atomic mass is 9.82. The first kappa shape index (κ1) is 15.0. The van der Waals surface area contributed by atoms with Gasteiger partial charge in [0.05, 0.1) is 0 Å². The van der Waals surface area contributed by atoms with E-state index in [0.717, 1.165) is 38.5 Å². The fourth-order valence-corrected chi connectivity index (χ4v) is 3.40. The second kappa shape index (κ2) is 6.86. The number of ketones is 1. The average molecular weight is 280 g/mol. The van der Waals surface area contributed by atoms with Crippen molar-refractivity contribution in [2.45, 2.75) is 63.8 Å². The number of nitrogens with one attached hydrogen (secondary N) is 1. The Morgan fingerprint density at radius 3 is 2.40 bits per heavy atom. The predicted molar refractivity (Wildman–Crippen MR) is 74.7 cm³/mol. The largest absolute Gasteiger partial charge is 0.368 e. The molecule has 2 aliphatic rings. The van der Waals surface area contributed by atoms with Crippen molar-refractivity contribution in [3.05, 3.63) is 0 Å². The first-order valence-electron chi connectivity index (χ1n) is 7.69. The summed E-state index contributed by atoms with van der Waals surface area (Å²) in [5, 5.41) is 2.81. The van der Waals surface area contributed by atoms with Crippen LogP contribution in [0.2, 0.25) is 0 Å². The number of amides is 2. The summed E-state index contributed by atoms with van der Waals surface area (Å²) < 4.78 is 0. The molecule has 0 bridgehead atoms. The van der Waals surface area contributed by atoms with Gasteiger partial charge in [-0.05, 0) is 31.6 Å². The number of rotatable bonds is 4. The van der Waals surface area contributed by atoms with Crippen LogP contribution in [-0.4, -0.2) is 23.6 Å². The minimum Gasteiger partial charge on any atom is -0.368 e. The molecule has 2 aliphatic carbocycles. The Labute approximate surface area is 119 Å². The molecule has 5 nitrogen and oxygen atoms in total. The van der Waals surface area contributed by atoms with Crippen molar-refractivity contribution in [1.82, 2.24) is 5.32 Å². The van der Waals surface area contributed by atoms with Gasteiger partial charge in [0.1, 0.15) is 11.8 Å². The first-order valence-corrected chi connectivity index (χ1v) is 7.69. The molecular weight excluding hydrogens is 256 g/mol. The lowest BCUT2D eigenvalue weighted by Gasteiger charge is -2.30. The van der Waals surface area contributed by atoms with Crippen molar-refractivity contribution in [1.29, 1.82) is 0 Å². The molecule has 2 atom stereocenters. The first-order chi connectivity index (χ1) is 9.58. The highest BCUT2D eigenvalue weighted by Gasteiger charge is 2.33. The fraction of sp³-hybridized carbons (Fsp3) is 0.800. The minimum atomic E-state index is -0.686. The van der Waals surface area contributed by atoms with E-state index >= 15 is 0 Å². The highest BCUT2D eigenvalue weighted by atomic mass is 16.2. The van der Waals surface area contributed by atoms with Crippen molar-refractivity contribution in [2.24, 2.45) is 17.6 Å². The molecule has 112 valence electrons. The van der Waals surface area contributed by atoms with E-state index in [-0.39, 0.29) is 23.5 Å². The second-order valence-electron chi connectivity index (χ2n) is 6.12. The van der Waals surface area contributed by atoms with Crippen molar-refractivity contribution in [3.8, 4) is 0 Å². The van der Waals surface area contributed by atoms with Crippen molar-refractivity contribution in [2.75, 3.05) is 0 Å². The minimum absolute atomic E-state index is 0.00453. The smallest absolute Gasteiger partial charge is 0.240 e. The number of Topliss-reactive ketones (excluding diaryl/α,β-unsaturated/α-hetero) is 1. The zero-order valence-corrected chi connectivity index (χ0v) is 11.9. The van der Waals surface area contributed by atoms with Gasteiger partial charge in [-0.15, -0.1) is 0 Å². The molecule has 2 amide bonds. The Bertz CT molecular complexity index is 389. The van der Waals surface area contributed by atoms with E-state index in [1.807, 2.05) is 0 Å². The molecule has 5 heteroatoms. The second-order valence-corrected chi connectivity index (χ2v) is 6.12. The van der Waals surface area contributed by atoms with Gasteiger partial charge in [0.25, 0.3) is 0 Å². The highest BCUT2D eigenvalue weighted by Crippen LogP contribution is 2.27. The average Bonchev–Trinajstić information content (AvgIpc) is 2.45. The number of hydrogen-bond acceptors (Lipinski definition) is 3. The molecule has 20 heavy (non-hydrogen) atoms. The lowest BCUT2D eigenvalue weighted by molar-refractivity contribution is -0.133. The van der Waals surface area contributed by atoms with Gasteiger partial charge in [-0.2, -0.15) is 0 Å². The molecule has 0 aliphatic heterocycles. The van der Waals surface area contributed by atoms with Gasteiger partial charge in [0, 0.05) is 18.8 Å². The van der Waals surface area contributed by atoms with E-state index < -0.39 is 11.9 Å². The van der Waals surface area contributed by atoms with E-state index in [4.69, 9.17) is 5.73 Å². The number of nitrogens with two attached hydrogens (primary N) is 1. The van der Waals surface area contributed by atoms with Crippen LogP contribution in [0.5, 0.6) is 0 Å². The third-order valence-electron chi connectivity index (χ3n) is 4.57. The molecule has 2 rings (SSSR count). The van der Waals surface area contributed by atoms with E-state index in [2.05, 4.69) is 5.32 Å². The lowest BCUT2D eigenvalue weighted by Crippen LogP contribution is -2.52. The maximum absolute atomic E-state index is 12.2. The molecule has 0 aromatic carbocycles. The summed E-state index contributed by atoms with van der Waals surface area (Å²) in [5.41, 5.74) is 5.43. The maximum atomic E-state index is 12.2. The molecule has 0 radical (unpaired) electrons. The van der Waals surface area contributed by atoms with Gasteiger partial charge in [0.15, 0.2) is 0 Å². The molecule has 0 heterocycles. The highest BCUT2D eigenvalue weighted by molar-refractivity contribution is 5.89. The van der Waals surface area contributed by atoms with Crippen LogP contribution in [0.3, 0.4) is 0 Å². The van der Waals surface area contributed by atoms with Crippen molar-refractivity contribution in [3.63, 3.8) is 0 Å². The van der Waals surface area contributed by atoms with E-state index in [9.17, 15) is 14.4 Å². The van der Waals surface area contributed by atoms with Crippen LogP contribution in [0.15, 0.2) is 0 Å². The Balaban J connectivity index is 1.96. The summed E-state index contributed by atoms with van der Waals surface area (Å²) in [6.07, 6.45) is 7.61. The monoisotopic (exact) mass is 280 g/mol. The van der Waals surface area contributed by atoms with Gasteiger partial charge < -0.3 is 11.1 Å². The van der Waals surface area contributed by atoms with E-state index in [1.54, 1.807) is 0 Å². The predicted octanol–water partition coefficient (Wildman–Crippen LogP) is 1.30. The number of primary amides is 1. The Morgan fingerprint density at radius 1 is 1.10 bits per heavy atom. The molecule has 2 saturated carbocycles. The molecule has 0 unspecified atom stereocenters. The molecule has 0 aromatic heterocycles. The summed E-state index contributed by atoms with van der Waals surface area (Å²) in [6.45, 7) is 0. The molecular formula is C15H24N2O3. The Hall–Kier alpha value is -1.39. The van der Waals surface area contributed by atoms with E-state index in [1.165, 1.54) is 6.42 Å². The topological polar surface area (TPSA) is 89.3 Å². The quantitative estimate of drug-likeness (QED) is 0.813. The van der Waals surface area contributed by atoms with E-state index in [0.29, 0.717) is 12.8 Å². The third kappa shape index (κ3) is 3.81. The van der Waals surface area contributed by atoms with Gasteiger partial charge in [-0.3, -0.25) is 14.4 Å². The standard InChI is InChI=1S/C15H24N2O3/c16-14(19)13(11-7-4-8-12(18)9-11)17-15(20)10-5-2-1-3-6-10/h10-11,13H,1-9H2,(H2,16,19)(H,17,20)/t11-,13+/m1/s1. The zero-order chi connectivity index (χ0) is 14.5. The summed E-state index contributed by atoms with van der Waals surface area (Å²) in [6, 6.07) is -0.686. The third-order valence-corrected chi connectivity index (χ3v) is 4.57. The van der Waals surface area contributed by atoms with Crippen LogP contribution in [0.4, 0.5) is 0 Å². The molecule has 2 fully saturated rings. The van der Waals surface area contributed by atoms with Crippen LogP contribution in [0.1, 0.15) is 57.8 Å². The maximum Gasteiger partial charge on any atom is 0.240 e. The number of hydrogen-bond donors (Lipinski definition) is 2. The Kier molecular flexibility index (Phi) is 5.15. The Morgan fingerprint density at radius 2 is 1.80 bits per heavy atom. The van der Waals surface area contributed by atoms with Crippen LogP contribution < -0.4 is 11.1 Å². The van der Waals surface area contributed by atoms with Gasteiger partial charge in [0.2, 0.25) is 11.8 Å². The van der Waals surface area contributed by atoms with Gasteiger partial charge in [-0.1, -0.05) is 19.3 Å².